The zero-order valence-corrected chi connectivity index (χ0v) is 13.5. The molecule has 2 rings (SSSR count). The van der Waals surface area contributed by atoms with E-state index in [0.717, 1.165) is 5.56 Å². The van der Waals surface area contributed by atoms with Crippen molar-refractivity contribution < 1.29 is 4.79 Å². The fraction of sp³-hybridized carbons (Fsp3) is 0.312. The van der Waals surface area contributed by atoms with Crippen LogP contribution in [0, 0.1) is 6.92 Å². The normalized spacial score (nSPS) is 10.8. The second-order valence-electron chi connectivity index (χ2n) is 5.40. The SMILES string of the molecule is Cc1c(Cl)cccc1NC(=O)Cn1cnc(C(C)C)cc1=O. The van der Waals surface area contributed by atoms with Gasteiger partial charge < -0.3 is 5.32 Å². The summed E-state index contributed by atoms with van der Waals surface area (Å²) < 4.78 is 1.28. The van der Waals surface area contributed by atoms with Crippen LogP contribution in [0.4, 0.5) is 5.69 Å². The van der Waals surface area contributed by atoms with Gasteiger partial charge in [-0.25, -0.2) is 4.98 Å². The van der Waals surface area contributed by atoms with Crippen molar-refractivity contribution in [1.82, 2.24) is 9.55 Å². The number of aromatic nitrogens is 2. The van der Waals surface area contributed by atoms with Gasteiger partial charge in [0.2, 0.25) is 5.91 Å². The molecule has 2 aromatic rings. The molecule has 0 fully saturated rings. The lowest BCUT2D eigenvalue weighted by atomic mass is 10.1. The molecule has 0 spiro atoms. The summed E-state index contributed by atoms with van der Waals surface area (Å²) in [5, 5.41) is 3.33. The van der Waals surface area contributed by atoms with Crippen LogP contribution in [0.1, 0.15) is 31.0 Å². The Morgan fingerprint density at radius 1 is 1.41 bits per heavy atom. The maximum absolute atomic E-state index is 12.1. The number of carbonyl (C=O) groups excluding carboxylic acids is 1. The summed E-state index contributed by atoms with van der Waals surface area (Å²) in [5.74, 6) is -0.128. The van der Waals surface area contributed by atoms with Gasteiger partial charge in [-0.2, -0.15) is 0 Å². The molecule has 0 aliphatic heterocycles. The van der Waals surface area contributed by atoms with Crippen LogP contribution < -0.4 is 10.9 Å². The maximum Gasteiger partial charge on any atom is 0.254 e. The standard InChI is InChI=1S/C16H18ClN3O2/c1-10(2)14-7-16(22)20(9-18-14)8-15(21)19-13-6-4-5-12(17)11(13)3/h4-7,9-10H,8H2,1-3H3,(H,19,21). The van der Waals surface area contributed by atoms with Crippen LogP contribution in [0.15, 0.2) is 35.4 Å². The molecule has 1 N–H and O–H groups in total. The molecular formula is C16H18ClN3O2. The number of amides is 1. The minimum atomic E-state index is -0.299. The number of hydrogen-bond acceptors (Lipinski definition) is 3. The zero-order chi connectivity index (χ0) is 16.3. The Labute approximate surface area is 134 Å². The van der Waals surface area contributed by atoms with Crippen LogP contribution in [-0.4, -0.2) is 15.5 Å². The van der Waals surface area contributed by atoms with E-state index < -0.39 is 0 Å². The largest absolute Gasteiger partial charge is 0.324 e. The molecule has 6 heteroatoms. The summed E-state index contributed by atoms with van der Waals surface area (Å²) >= 11 is 6.01. The molecule has 0 bridgehead atoms. The smallest absolute Gasteiger partial charge is 0.254 e. The molecular weight excluding hydrogens is 302 g/mol. The highest BCUT2D eigenvalue weighted by Gasteiger charge is 2.10. The van der Waals surface area contributed by atoms with Gasteiger partial charge in [-0.3, -0.25) is 14.2 Å². The lowest BCUT2D eigenvalue weighted by Gasteiger charge is -2.11. The quantitative estimate of drug-likeness (QED) is 0.942. The number of anilines is 1. The number of nitrogens with zero attached hydrogens (tertiary/aromatic N) is 2. The third-order valence-electron chi connectivity index (χ3n) is 3.35. The summed E-state index contributed by atoms with van der Waals surface area (Å²) in [7, 11) is 0. The maximum atomic E-state index is 12.1. The van der Waals surface area contributed by atoms with Crippen LogP contribution in [0.5, 0.6) is 0 Å². The molecule has 0 unspecified atom stereocenters. The Morgan fingerprint density at radius 2 is 2.14 bits per heavy atom. The van der Waals surface area contributed by atoms with Crippen LogP contribution in [0.3, 0.4) is 0 Å². The molecule has 0 atom stereocenters. The Hall–Kier alpha value is -2.14. The lowest BCUT2D eigenvalue weighted by Crippen LogP contribution is -2.28. The summed E-state index contributed by atoms with van der Waals surface area (Å²) in [6.45, 7) is 5.65. The number of nitrogens with one attached hydrogen (secondary N) is 1. The van der Waals surface area contributed by atoms with E-state index in [1.807, 2.05) is 20.8 Å². The van der Waals surface area contributed by atoms with Crippen molar-refractivity contribution in [3.63, 3.8) is 0 Å². The van der Waals surface area contributed by atoms with E-state index in [1.165, 1.54) is 17.0 Å². The molecule has 0 saturated heterocycles. The number of hydrogen-bond donors (Lipinski definition) is 1. The predicted octanol–water partition coefficient (Wildman–Crippen LogP) is 2.97. The van der Waals surface area contributed by atoms with E-state index in [1.54, 1.807) is 18.2 Å². The highest BCUT2D eigenvalue weighted by atomic mass is 35.5. The van der Waals surface area contributed by atoms with Gasteiger partial charge in [-0.15, -0.1) is 0 Å². The average Bonchev–Trinajstić information content (AvgIpc) is 2.46. The highest BCUT2D eigenvalue weighted by Crippen LogP contribution is 2.22. The van der Waals surface area contributed by atoms with Gasteiger partial charge in [-0.05, 0) is 30.5 Å². The van der Waals surface area contributed by atoms with E-state index in [0.29, 0.717) is 16.4 Å². The Bertz CT molecular complexity index is 753. The molecule has 0 aliphatic carbocycles. The van der Waals surface area contributed by atoms with Gasteiger partial charge in [0.15, 0.2) is 0 Å². The number of halogens is 1. The van der Waals surface area contributed by atoms with Gasteiger partial charge in [0.25, 0.3) is 5.56 Å². The Morgan fingerprint density at radius 3 is 2.77 bits per heavy atom. The number of carbonyl (C=O) groups is 1. The van der Waals surface area contributed by atoms with E-state index in [9.17, 15) is 9.59 Å². The van der Waals surface area contributed by atoms with Gasteiger partial charge in [-0.1, -0.05) is 31.5 Å². The third kappa shape index (κ3) is 3.74. The van der Waals surface area contributed by atoms with E-state index in [4.69, 9.17) is 11.6 Å². The van der Waals surface area contributed by atoms with Crippen LogP contribution in [0.2, 0.25) is 5.02 Å². The summed E-state index contributed by atoms with van der Waals surface area (Å²) in [5.41, 5.74) is 1.90. The molecule has 5 nitrogen and oxygen atoms in total. The zero-order valence-electron chi connectivity index (χ0n) is 12.8. The van der Waals surface area contributed by atoms with Crippen molar-refractivity contribution in [3.8, 4) is 0 Å². The molecule has 22 heavy (non-hydrogen) atoms. The second-order valence-corrected chi connectivity index (χ2v) is 5.80. The number of rotatable bonds is 4. The van der Waals surface area contributed by atoms with Crippen molar-refractivity contribution in [2.45, 2.75) is 33.2 Å². The van der Waals surface area contributed by atoms with Crippen LogP contribution in [-0.2, 0) is 11.3 Å². The van der Waals surface area contributed by atoms with E-state index >= 15 is 0 Å². The topological polar surface area (TPSA) is 64.0 Å². The van der Waals surface area contributed by atoms with Gasteiger partial charge in [0.05, 0.1) is 12.0 Å². The molecule has 1 heterocycles. The fourth-order valence-corrected chi connectivity index (χ4v) is 2.14. The predicted molar refractivity (Wildman–Crippen MR) is 87.4 cm³/mol. The lowest BCUT2D eigenvalue weighted by molar-refractivity contribution is -0.116. The first-order valence-electron chi connectivity index (χ1n) is 7.00. The summed E-state index contributed by atoms with van der Waals surface area (Å²) in [6.07, 6.45) is 1.40. The molecule has 116 valence electrons. The van der Waals surface area contributed by atoms with Crippen LogP contribution >= 0.6 is 11.6 Å². The highest BCUT2D eigenvalue weighted by molar-refractivity contribution is 6.31. The van der Waals surface area contributed by atoms with E-state index in [2.05, 4.69) is 10.3 Å². The first-order chi connectivity index (χ1) is 10.4. The van der Waals surface area contributed by atoms with Gasteiger partial charge >= 0.3 is 0 Å². The minimum Gasteiger partial charge on any atom is -0.324 e. The Kier molecular flexibility index (Phi) is 4.98. The first-order valence-corrected chi connectivity index (χ1v) is 7.37. The average molecular weight is 320 g/mol. The van der Waals surface area contributed by atoms with Crippen molar-refractivity contribution in [1.29, 1.82) is 0 Å². The second kappa shape index (κ2) is 6.75. The van der Waals surface area contributed by atoms with Crippen LogP contribution in [0.25, 0.3) is 0 Å². The van der Waals surface area contributed by atoms with E-state index in [-0.39, 0.29) is 23.9 Å². The summed E-state index contributed by atoms with van der Waals surface area (Å²) in [4.78, 5) is 28.2. The minimum absolute atomic E-state index is 0.0871. The first kappa shape index (κ1) is 16.2. The molecule has 1 aromatic carbocycles. The van der Waals surface area contributed by atoms with Crippen molar-refractivity contribution >= 4 is 23.2 Å². The molecule has 0 aliphatic rings. The van der Waals surface area contributed by atoms with Gasteiger partial charge in [0.1, 0.15) is 6.54 Å². The summed E-state index contributed by atoms with van der Waals surface area (Å²) in [6, 6.07) is 6.74. The fourth-order valence-electron chi connectivity index (χ4n) is 1.96. The molecule has 0 saturated carbocycles. The third-order valence-corrected chi connectivity index (χ3v) is 3.76. The molecule has 0 radical (unpaired) electrons. The van der Waals surface area contributed by atoms with Gasteiger partial charge in [0, 0.05) is 16.8 Å². The molecule has 1 amide bonds. The van der Waals surface area contributed by atoms with Crippen molar-refractivity contribution in [3.05, 3.63) is 57.2 Å². The Balaban J connectivity index is 2.13. The molecule has 1 aromatic heterocycles. The monoisotopic (exact) mass is 319 g/mol. The number of benzene rings is 1. The van der Waals surface area contributed by atoms with Crippen molar-refractivity contribution in [2.24, 2.45) is 0 Å². The van der Waals surface area contributed by atoms with Crippen molar-refractivity contribution in [2.75, 3.05) is 5.32 Å².